The summed E-state index contributed by atoms with van der Waals surface area (Å²) in [6.07, 6.45) is 2.98. The van der Waals surface area contributed by atoms with Crippen LogP contribution in [-0.4, -0.2) is 29.3 Å². The Morgan fingerprint density at radius 1 is 1.11 bits per heavy atom. The maximum Gasteiger partial charge on any atom is 0.254 e. The molecule has 0 unspecified atom stereocenters. The predicted molar refractivity (Wildman–Crippen MR) is 112 cm³/mol. The molecule has 0 atom stereocenters. The molecule has 146 valence electrons. The van der Waals surface area contributed by atoms with E-state index in [-0.39, 0.29) is 11.8 Å². The molecule has 0 saturated heterocycles. The maximum atomic E-state index is 13.3. The summed E-state index contributed by atoms with van der Waals surface area (Å²) in [4.78, 5) is 28.8. The minimum atomic E-state index is 0.0577. The third kappa shape index (κ3) is 3.68. The van der Waals surface area contributed by atoms with Gasteiger partial charge in [-0.05, 0) is 60.1 Å². The first-order valence-corrected chi connectivity index (χ1v) is 10.2. The highest BCUT2D eigenvalue weighted by Gasteiger charge is 2.33. The van der Waals surface area contributed by atoms with Gasteiger partial charge >= 0.3 is 0 Å². The zero-order valence-electron chi connectivity index (χ0n) is 16.9. The van der Waals surface area contributed by atoms with Crippen molar-refractivity contribution in [2.75, 3.05) is 11.4 Å². The Kier molecular flexibility index (Phi) is 4.96. The molecule has 1 fully saturated rings. The van der Waals surface area contributed by atoms with E-state index in [2.05, 4.69) is 38.1 Å². The molecule has 0 aromatic heterocycles. The molecule has 2 amide bonds. The number of carbonyl (C=O) groups is 2. The van der Waals surface area contributed by atoms with Crippen molar-refractivity contribution >= 4 is 17.5 Å². The lowest BCUT2D eigenvalue weighted by Crippen LogP contribution is -2.32. The third-order valence-corrected chi connectivity index (χ3v) is 5.85. The van der Waals surface area contributed by atoms with Crippen molar-refractivity contribution in [3.63, 3.8) is 0 Å². The lowest BCUT2D eigenvalue weighted by atomic mass is 10.0. The van der Waals surface area contributed by atoms with Crippen molar-refractivity contribution in [3.8, 4) is 0 Å². The van der Waals surface area contributed by atoms with Gasteiger partial charge in [0, 0.05) is 37.3 Å². The number of fused-ring (bicyclic) bond motifs is 1. The van der Waals surface area contributed by atoms with Gasteiger partial charge in [-0.3, -0.25) is 9.59 Å². The fourth-order valence-electron chi connectivity index (χ4n) is 3.99. The molecule has 4 rings (SSSR count). The van der Waals surface area contributed by atoms with Crippen molar-refractivity contribution in [2.45, 2.75) is 58.5 Å². The fourth-order valence-corrected chi connectivity index (χ4v) is 3.99. The van der Waals surface area contributed by atoms with Crippen LogP contribution in [0.5, 0.6) is 0 Å². The summed E-state index contributed by atoms with van der Waals surface area (Å²) >= 11 is 0. The SMILES string of the molecule is CC(=O)N1CCc2cc(C(=O)N(Cc3ccc(C(C)C)cc3)C3CC3)ccc21. The first-order chi connectivity index (χ1) is 13.4. The van der Waals surface area contributed by atoms with Crippen LogP contribution in [0.4, 0.5) is 5.69 Å². The van der Waals surface area contributed by atoms with Crippen LogP contribution >= 0.6 is 0 Å². The summed E-state index contributed by atoms with van der Waals surface area (Å²) in [5.41, 5.74) is 5.27. The summed E-state index contributed by atoms with van der Waals surface area (Å²) in [6, 6.07) is 14.8. The lowest BCUT2D eigenvalue weighted by molar-refractivity contribution is -0.116. The second-order valence-electron chi connectivity index (χ2n) is 8.32. The molecule has 1 aliphatic heterocycles. The van der Waals surface area contributed by atoms with E-state index in [1.165, 1.54) is 11.1 Å². The average molecular weight is 377 g/mol. The van der Waals surface area contributed by atoms with E-state index >= 15 is 0 Å². The van der Waals surface area contributed by atoms with E-state index in [0.29, 0.717) is 25.0 Å². The molecule has 1 aliphatic carbocycles. The van der Waals surface area contributed by atoms with Crippen LogP contribution in [0.1, 0.15) is 66.6 Å². The van der Waals surface area contributed by atoms with Crippen molar-refractivity contribution < 1.29 is 9.59 Å². The number of hydrogen-bond acceptors (Lipinski definition) is 2. The predicted octanol–water partition coefficient (Wildman–Crippen LogP) is 4.52. The quantitative estimate of drug-likeness (QED) is 0.770. The molecule has 0 bridgehead atoms. The van der Waals surface area contributed by atoms with Gasteiger partial charge in [0.15, 0.2) is 0 Å². The minimum Gasteiger partial charge on any atom is -0.331 e. The number of hydrogen-bond donors (Lipinski definition) is 0. The molecule has 2 aliphatic rings. The number of rotatable bonds is 5. The molecule has 28 heavy (non-hydrogen) atoms. The summed E-state index contributed by atoms with van der Waals surface area (Å²) in [5, 5.41) is 0. The van der Waals surface area contributed by atoms with Gasteiger partial charge in [0.25, 0.3) is 5.91 Å². The average Bonchev–Trinajstić information content (AvgIpc) is 3.43. The summed E-state index contributed by atoms with van der Waals surface area (Å²) in [5.74, 6) is 0.665. The van der Waals surface area contributed by atoms with E-state index in [1.807, 2.05) is 23.1 Å². The van der Waals surface area contributed by atoms with Gasteiger partial charge in [0.1, 0.15) is 0 Å². The molecule has 2 aromatic carbocycles. The van der Waals surface area contributed by atoms with Crippen LogP contribution in [0.2, 0.25) is 0 Å². The van der Waals surface area contributed by atoms with Crippen molar-refractivity contribution in [2.24, 2.45) is 0 Å². The molecule has 2 aromatic rings. The van der Waals surface area contributed by atoms with Gasteiger partial charge in [-0.1, -0.05) is 38.1 Å². The van der Waals surface area contributed by atoms with Crippen molar-refractivity contribution in [1.29, 1.82) is 0 Å². The molecule has 4 nitrogen and oxygen atoms in total. The fraction of sp³-hybridized carbons (Fsp3) is 0.417. The van der Waals surface area contributed by atoms with Gasteiger partial charge in [0.2, 0.25) is 5.91 Å². The maximum absolute atomic E-state index is 13.3. The van der Waals surface area contributed by atoms with E-state index in [0.717, 1.165) is 36.1 Å². The zero-order valence-corrected chi connectivity index (χ0v) is 16.9. The van der Waals surface area contributed by atoms with Gasteiger partial charge in [-0.15, -0.1) is 0 Å². The van der Waals surface area contributed by atoms with Crippen LogP contribution in [0, 0.1) is 0 Å². The summed E-state index contributed by atoms with van der Waals surface area (Å²) in [7, 11) is 0. The topological polar surface area (TPSA) is 40.6 Å². The molecule has 0 radical (unpaired) electrons. The van der Waals surface area contributed by atoms with Crippen molar-refractivity contribution in [1.82, 2.24) is 4.90 Å². The Morgan fingerprint density at radius 2 is 1.82 bits per heavy atom. The molecule has 1 heterocycles. The summed E-state index contributed by atoms with van der Waals surface area (Å²) < 4.78 is 0. The number of benzene rings is 2. The Morgan fingerprint density at radius 3 is 2.43 bits per heavy atom. The smallest absolute Gasteiger partial charge is 0.254 e. The molecule has 1 saturated carbocycles. The molecule has 4 heteroatoms. The second-order valence-corrected chi connectivity index (χ2v) is 8.32. The Labute approximate surface area is 167 Å². The van der Waals surface area contributed by atoms with E-state index in [4.69, 9.17) is 0 Å². The van der Waals surface area contributed by atoms with Crippen LogP contribution in [-0.2, 0) is 17.8 Å². The standard InChI is InChI=1S/C24H28N2O2/c1-16(2)19-6-4-18(5-7-19)15-26(22-9-10-22)24(28)21-8-11-23-20(14-21)12-13-25(23)17(3)27/h4-8,11,14,16,22H,9-10,12-13,15H2,1-3H3. The molecular weight excluding hydrogens is 348 g/mol. The normalized spacial score (nSPS) is 15.6. The van der Waals surface area contributed by atoms with Gasteiger partial charge < -0.3 is 9.80 Å². The van der Waals surface area contributed by atoms with Crippen LogP contribution in [0.25, 0.3) is 0 Å². The van der Waals surface area contributed by atoms with E-state index in [1.54, 1.807) is 11.8 Å². The van der Waals surface area contributed by atoms with Gasteiger partial charge in [0.05, 0.1) is 0 Å². The van der Waals surface area contributed by atoms with Crippen LogP contribution in [0.15, 0.2) is 42.5 Å². The highest BCUT2D eigenvalue weighted by Crippen LogP contribution is 2.33. The van der Waals surface area contributed by atoms with Crippen LogP contribution in [0.3, 0.4) is 0 Å². The Balaban J connectivity index is 1.54. The minimum absolute atomic E-state index is 0.0577. The lowest BCUT2D eigenvalue weighted by Gasteiger charge is -2.23. The molecule has 0 spiro atoms. The highest BCUT2D eigenvalue weighted by molar-refractivity contribution is 5.98. The number of amides is 2. The van der Waals surface area contributed by atoms with Gasteiger partial charge in [-0.25, -0.2) is 0 Å². The zero-order chi connectivity index (χ0) is 19.8. The van der Waals surface area contributed by atoms with Gasteiger partial charge in [-0.2, -0.15) is 0 Å². The third-order valence-electron chi connectivity index (χ3n) is 5.85. The number of nitrogens with zero attached hydrogens (tertiary/aromatic N) is 2. The first kappa shape index (κ1) is 18.7. The number of carbonyl (C=O) groups excluding carboxylic acids is 2. The van der Waals surface area contributed by atoms with Crippen LogP contribution < -0.4 is 4.90 Å². The molecule has 0 N–H and O–H groups in total. The van der Waals surface area contributed by atoms with E-state index in [9.17, 15) is 9.59 Å². The first-order valence-electron chi connectivity index (χ1n) is 10.2. The van der Waals surface area contributed by atoms with E-state index < -0.39 is 0 Å². The molecular formula is C24H28N2O2. The number of anilines is 1. The second kappa shape index (κ2) is 7.42. The monoisotopic (exact) mass is 376 g/mol. The summed E-state index contributed by atoms with van der Waals surface area (Å²) in [6.45, 7) is 7.33. The Hall–Kier alpha value is -2.62. The van der Waals surface area contributed by atoms with Crippen molar-refractivity contribution in [3.05, 3.63) is 64.7 Å². The highest BCUT2D eigenvalue weighted by atomic mass is 16.2. The largest absolute Gasteiger partial charge is 0.331 e. The Bertz CT molecular complexity index is 897.